The summed E-state index contributed by atoms with van der Waals surface area (Å²) in [5, 5.41) is 6.65. The van der Waals surface area contributed by atoms with Crippen molar-refractivity contribution in [2.45, 2.75) is 44.1 Å². The number of hydrogen-bond acceptors (Lipinski definition) is 5. The molecule has 2 aliphatic rings. The maximum atomic E-state index is 12.6. The Hall–Kier alpha value is -2.12. The van der Waals surface area contributed by atoms with Gasteiger partial charge >= 0.3 is 0 Å². The number of fused-ring (bicyclic) bond motifs is 1. The van der Waals surface area contributed by atoms with Crippen molar-refractivity contribution in [3.8, 4) is 0 Å². The van der Waals surface area contributed by atoms with E-state index in [-0.39, 0.29) is 24.0 Å². The molecule has 2 fully saturated rings. The van der Waals surface area contributed by atoms with E-state index in [2.05, 4.69) is 5.32 Å². The number of nitrogens with zero attached hydrogens (tertiary/aromatic N) is 1. The Labute approximate surface area is 149 Å². The van der Waals surface area contributed by atoms with Crippen LogP contribution in [0.2, 0.25) is 0 Å². The predicted molar refractivity (Wildman–Crippen MR) is 92.2 cm³/mol. The second-order valence-corrected chi connectivity index (χ2v) is 7.18. The lowest BCUT2D eigenvalue weighted by Gasteiger charge is -2.35. The lowest BCUT2D eigenvalue weighted by molar-refractivity contribution is -0.143. The standard InChI is InChI=1S/C18H20N2O4S/c21-17(19-10-13-2-1-8-23-13)16-4-3-14-15(24-16)5-7-20(14)18(22)12-6-9-25-11-12/h1-2,6,8-9,11,14-16H,3-5,7,10H2,(H,19,21)/t14-,15-,16-/m0/s1. The van der Waals surface area contributed by atoms with Crippen LogP contribution in [-0.2, 0) is 16.1 Å². The molecule has 0 bridgehead atoms. The molecule has 2 aromatic rings. The smallest absolute Gasteiger partial charge is 0.255 e. The normalized spacial score (nSPS) is 25.6. The number of ether oxygens (including phenoxy) is 1. The van der Waals surface area contributed by atoms with E-state index in [9.17, 15) is 9.59 Å². The van der Waals surface area contributed by atoms with Gasteiger partial charge in [0, 0.05) is 11.9 Å². The number of carbonyl (C=O) groups is 2. The van der Waals surface area contributed by atoms with Gasteiger partial charge in [0.25, 0.3) is 5.91 Å². The minimum atomic E-state index is -0.451. The van der Waals surface area contributed by atoms with Gasteiger partial charge in [0.1, 0.15) is 11.9 Å². The Bertz CT molecular complexity index is 728. The fraction of sp³-hybridized carbons (Fsp3) is 0.444. The average Bonchev–Trinajstić information content (AvgIpc) is 3.40. The van der Waals surface area contributed by atoms with Crippen LogP contribution < -0.4 is 5.32 Å². The zero-order chi connectivity index (χ0) is 17.2. The van der Waals surface area contributed by atoms with Gasteiger partial charge < -0.3 is 19.4 Å². The van der Waals surface area contributed by atoms with Crippen LogP contribution >= 0.6 is 11.3 Å². The Morgan fingerprint density at radius 2 is 2.20 bits per heavy atom. The van der Waals surface area contributed by atoms with Gasteiger partial charge in [0.05, 0.1) is 30.5 Å². The molecule has 0 radical (unpaired) electrons. The highest BCUT2D eigenvalue weighted by molar-refractivity contribution is 7.08. The Balaban J connectivity index is 1.33. The molecule has 7 heteroatoms. The van der Waals surface area contributed by atoms with Crippen LogP contribution in [0, 0.1) is 0 Å². The second kappa shape index (κ2) is 7.01. The number of rotatable bonds is 4. The second-order valence-electron chi connectivity index (χ2n) is 6.40. The summed E-state index contributed by atoms with van der Waals surface area (Å²) in [6, 6.07) is 5.54. The number of likely N-dealkylation sites (tertiary alicyclic amines) is 1. The summed E-state index contributed by atoms with van der Waals surface area (Å²) in [4.78, 5) is 26.8. The number of thiophene rings is 1. The van der Waals surface area contributed by atoms with Crippen LogP contribution in [0.4, 0.5) is 0 Å². The molecule has 0 aromatic carbocycles. The van der Waals surface area contributed by atoms with Gasteiger partial charge in [-0.2, -0.15) is 11.3 Å². The largest absolute Gasteiger partial charge is 0.467 e. The summed E-state index contributed by atoms with van der Waals surface area (Å²) in [7, 11) is 0. The first-order valence-electron chi connectivity index (χ1n) is 8.51. The van der Waals surface area contributed by atoms with Gasteiger partial charge in [-0.1, -0.05) is 0 Å². The minimum Gasteiger partial charge on any atom is -0.467 e. The van der Waals surface area contributed by atoms with Crippen molar-refractivity contribution in [1.29, 1.82) is 0 Å². The van der Waals surface area contributed by atoms with Gasteiger partial charge in [-0.05, 0) is 42.8 Å². The molecule has 4 heterocycles. The molecule has 4 rings (SSSR count). The predicted octanol–water partition coefficient (Wildman–Crippen LogP) is 2.42. The molecule has 1 N–H and O–H groups in total. The van der Waals surface area contributed by atoms with Crippen LogP contribution in [0.15, 0.2) is 39.6 Å². The average molecular weight is 360 g/mol. The monoisotopic (exact) mass is 360 g/mol. The van der Waals surface area contributed by atoms with E-state index >= 15 is 0 Å². The fourth-order valence-electron chi connectivity index (χ4n) is 3.63. The van der Waals surface area contributed by atoms with E-state index < -0.39 is 6.10 Å². The third-order valence-corrected chi connectivity index (χ3v) is 5.57. The maximum Gasteiger partial charge on any atom is 0.255 e. The van der Waals surface area contributed by atoms with E-state index in [0.29, 0.717) is 19.5 Å². The minimum absolute atomic E-state index is 0.0595. The van der Waals surface area contributed by atoms with Crippen molar-refractivity contribution in [2.24, 2.45) is 0 Å². The summed E-state index contributed by atoms with van der Waals surface area (Å²) in [6.45, 7) is 1.05. The van der Waals surface area contributed by atoms with Gasteiger partial charge in [-0.25, -0.2) is 0 Å². The third-order valence-electron chi connectivity index (χ3n) is 4.89. The fourth-order valence-corrected chi connectivity index (χ4v) is 4.25. The molecule has 6 nitrogen and oxygen atoms in total. The van der Waals surface area contributed by atoms with Crippen LogP contribution in [0.5, 0.6) is 0 Å². The molecule has 2 saturated heterocycles. The highest BCUT2D eigenvalue weighted by Gasteiger charge is 2.43. The number of nitrogens with one attached hydrogen (secondary N) is 1. The maximum absolute atomic E-state index is 12.6. The van der Waals surface area contributed by atoms with Crippen LogP contribution in [-0.4, -0.2) is 41.5 Å². The van der Waals surface area contributed by atoms with Crippen molar-refractivity contribution < 1.29 is 18.7 Å². The molecule has 2 amide bonds. The summed E-state index contributed by atoms with van der Waals surface area (Å²) in [6.07, 6.45) is 3.27. The van der Waals surface area contributed by atoms with Crippen LogP contribution in [0.1, 0.15) is 35.4 Å². The van der Waals surface area contributed by atoms with Crippen molar-refractivity contribution in [2.75, 3.05) is 6.54 Å². The molecule has 0 unspecified atom stereocenters. The SMILES string of the molecule is O=C(NCc1ccco1)[C@@H]1CC[C@H]2[C@H](CCN2C(=O)c2ccsc2)O1. The lowest BCUT2D eigenvalue weighted by Crippen LogP contribution is -2.48. The molecule has 25 heavy (non-hydrogen) atoms. The molecule has 0 aliphatic carbocycles. The van der Waals surface area contributed by atoms with E-state index in [0.717, 1.165) is 24.2 Å². The summed E-state index contributed by atoms with van der Waals surface area (Å²) >= 11 is 1.53. The molecule has 3 atom stereocenters. The Morgan fingerprint density at radius 3 is 2.96 bits per heavy atom. The van der Waals surface area contributed by atoms with E-state index in [1.165, 1.54) is 11.3 Å². The topological polar surface area (TPSA) is 71.8 Å². The number of furan rings is 1. The molecule has 2 aliphatic heterocycles. The van der Waals surface area contributed by atoms with E-state index in [1.807, 2.05) is 27.8 Å². The zero-order valence-corrected chi connectivity index (χ0v) is 14.5. The highest BCUT2D eigenvalue weighted by Crippen LogP contribution is 2.32. The molecule has 2 aromatic heterocycles. The lowest BCUT2D eigenvalue weighted by atomic mass is 9.98. The Kier molecular flexibility index (Phi) is 4.59. The molecular weight excluding hydrogens is 340 g/mol. The molecule has 0 spiro atoms. The van der Waals surface area contributed by atoms with E-state index in [4.69, 9.17) is 9.15 Å². The third kappa shape index (κ3) is 3.34. The zero-order valence-electron chi connectivity index (χ0n) is 13.7. The first-order valence-corrected chi connectivity index (χ1v) is 9.45. The highest BCUT2D eigenvalue weighted by atomic mass is 32.1. The quantitative estimate of drug-likeness (QED) is 0.909. The molecular formula is C18H20N2O4S. The summed E-state index contributed by atoms with van der Waals surface area (Å²) < 4.78 is 11.2. The van der Waals surface area contributed by atoms with Crippen molar-refractivity contribution >= 4 is 23.2 Å². The van der Waals surface area contributed by atoms with Crippen molar-refractivity contribution in [3.63, 3.8) is 0 Å². The summed E-state index contributed by atoms with van der Waals surface area (Å²) in [5.41, 5.74) is 0.740. The first kappa shape index (κ1) is 16.4. The van der Waals surface area contributed by atoms with Gasteiger partial charge in [0.15, 0.2) is 0 Å². The summed E-state index contributed by atoms with van der Waals surface area (Å²) in [5.74, 6) is 0.672. The molecule has 132 valence electrons. The molecule has 0 saturated carbocycles. The number of carbonyl (C=O) groups excluding carboxylic acids is 2. The van der Waals surface area contributed by atoms with Crippen LogP contribution in [0.25, 0.3) is 0 Å². The van der Waals surface area contributed by atoms with E-state index in [1.54, 1.807) is 12.3 Å². The van der Waals surface area contributed by atoms with Crippen molar-refractivity contribution in [3.05, 3.63) is 46.5 Å². The number of hydrogen-bond donors (Lipinski definition) is 1. The van der Waals surface area contributed by atoms with Gasteiger partial charge in [0.2, 0.25) is 5.91 Å². The first-order chi connectivity index (χ1) is 12.2. The van der Waals surface area contributed by atoms with Crippen molar-refractivity contribution in [1.82, 2.24) is 10.2 Å². The van der Waals surface area contributed by atoms with Crippen LogP contribution in [0.3, 0.4) is 0 Å². The Morgan fingerprint density at radius 1 is 1.28 bits per heavy atom. The van der Waals surface area contributed by atoms with Gasteiger partial charge in [-0.3, -0.25) is 9.59 Å². The van der Waals surface area contributed by atoms with Gasteiger partial charge in [-0.15, -0.1) is 0 Å². The number of amides is 2.